The van der Waals surface area contributed by atoms with Gasteiger partial charge in [-0.2, -0.15) is 5.26 Å². The fourth-order valence-electron chi connectivity index (χ4n) is 1.55. The monoisotopic (exact) mass is 175 g/mol. The maximum Gasteiger partial charge on any atom is 0.123 e. The highest BCUT2D eigenvalue weighted by atomic mass is 19.1. The van der Waals surface area contributed by atoms with E-state index in [9.17, 15) is 4.39 Å². The predicted molar refractivity (Wildman–Crippen MR) is 47.5 cm³/mol. The van der Waals surface area contributed by atoms with E-state index in [1.54, 1.807) is 12.1 Å². The Balaban J connectivity index is 2.23. The summed E-state index contributed by atoms with van der Waals surface area (Å²) in [5.74, 6) is 0.243. The van der Waals surface area contributed by atoms with Gasteiger partial charge in [0, 0.05) is 0 Å². The van der Waals surface area contributed by atoms with Crippen molar-refractivity contribution in [2.24, 2.45) is 5.92 Å². The lowest BCUT2D eigenvalue weighted by atomic mass is 9.96. The highest BCUT2D eigenvalue weighted by Gasteiger charge is 2.32. The first kappa shape index (κ1) is 8.25. The molecule has 0 aromatic heterocycles. The first-order valence-electron chi connectivity index (χ1n) is 4.46. The van der Waals surface area contributed by atoms with E-state index in [1.165, 1.54) is 12.1 Å². The molecule has 1 nitrogen and oxygen atoms in total. The molecule has 0 aliphatic heterocycles. The molecular weight excluding hydrogens is 165 g/mol. The molecule has 0 saturated heterocycles. The fraction of sp³-hybridized carbons (Fsp3) is 0.364. The van der Waals surface area contributed by atoms with Crippen molar-refractivity contribution in [1.29, 1.82) is 5.26 Å². The van der Waals surface area contributed by atoms with Crippen molar-refractivity contribution < 1.29 is 4.39 Å². The molecule has 2 heteroatoms. The zero-order chi connectivity index (χ0) is 9.26. The zero-order valence-electron chi connectivity index (χ0n) is 7.20. The second kappa shape index (κ2) is 3.18. The zero-order valence-corrected chi connectivity index (χ0v) is 7.20. The van der Waals surface area contributed by atoms with Crippen LogP contribution in [0.1, 0.15) is 24.3 Å². The van der Waals surface area contributed by atoms with E-state index in [0.717, 1.165) is 18.4 Å². The fourth-order valence-corrected chi connectivity index (χ4v) is 1.55. The molecule has 1 unspecified atom stereocenters. The van der Waals surface area contributed by atoms with Crippen molar-refractivity contribution in [3.8, 4) is 6.07 Å². The van der Waals surface area contributed by atoms with Gasteiger partial charge in [-0.25, -0.2) is 4.39 Å². The van der Waals surface area contributed by atoms with Gasteiger partial charge in [0.25, 0.3) is 0 Å². The highest BCUT2D eigenvalue weighted by Crippen LogP contribution is 2.42. The number of hydrogen-bond acceptors (Lipinski definition) is 1. The number of halogens is 1. The summed E-state index contributed by atoms with van der Waals surface area (Å²) in [5.41, 5.74) is 0.950. The Morgan fingerprint density at radius 1 is 1.31 bits per heavy atom. The Hall–Kier alpha value is -1.36. The quantitative estimate of drug-likeness (QED) is 0.678. The van der Waals surface area contributed by atoms with Crippen LogP contribution in [0, 0.1) is 23.1 Å². The van der Waals surface area contributed by atoms with Gasteiger partial charge in [0.1, 0.15) is 5.82 Å². The van der Waals surface area contributed by atoms with E-state index in [2.05, 4.69) is 6.07 Å². The third-order valence-electron chi connectivity index (χ3n) is 2.46. The summed E-state index contributed by atoms with van der Waals surface area (Å²) < 4.78 is 12.6. The van der Waals surface area contributed by atoms with Gasteiger partial charge in [-0.05, 0) is 36.5 Å². The van der Waals surface area contributed by atoms with Crippen molar-refractivity contribution >= 4 is 0 Å². The lowest BCUT2D eigenvalue weighted by Gasteiger charge is -2.06. The minimum Gasteiger partial charge on any atom is -0.207 e. The Kier molecular flexibility index (Phi) is 2.02. The number of hydrogen-bond donors (Lipinski definition) is 0. The van der Waals surface area contributed by atoms with Crippen molar-refractivity contribution in [1.82, 2.24) is 0 Å². The molecule has 66 valence electrons. The smallest absolute Gasteiger partial charge is 0.123 e. The van der Waals surface area contributed by atoms with Crippen LogP contribution in [0.2, 0.25) is 0 Å². The average molecular weight is 175 g/mol. The lowest BCUT2D eigenvalue weighted by molar-refractivity contribution is 0.625. The van der Waals surface area contributed by atoms with Crippen LogP contribution in [-0.2, 0) is 0 Å². The summed E-state index contributed by atoms with van der Waals surface area (Å²) in [6, 6.07) is 8.53. The van der Waals surface area contributed by atoms with Crippen LogP contribution in [0.5, 0.6) is 0 Å². The summed E-state index contributed by atoms with van der Waals surface area (Å²) in [5, 5.41) is 8.92. The van der Waals surface area contributed by atoms with Crippen LogP contribution < -0.4 is 0 Å². The lowest BCUT2D eigenvalue weighted by Crippen LogP contribution is -1.97. The van der Waals surface area contributed by atoms with Gasteiger partial charge in [0.05, 0.1) is 12.0 Å². The van der Waals surface area contributed by atoms with E-state index in [-0.39, 0.29) is 11.7 Å². The highest BCUT2D eigenvalue weighted by molar-refractivity contribution is 5.27. The molecule has 0 heterocycles. The molecular formula is C11H10FN. The molecule has 0 radical (unpaired) electrons. The van der Waals surface area contributed by atoms with Crippen LogP contribution in [0.3, 0.4) is 0 Å². The van der Waals surface area contributed by atoms with E-state index in [0.29, 0.717) is 5.92 Å². The SMILES string of the molecule is N#CC(c1ccc(F)cc1)C1CC1. The van der Waals surface area contributed by atoms with Crippen molar-refractivity contribution in [3.05, 3.63) is 35.6 Å². The third kappa shape index (κ3) is 1.70. The first-order chi connectivity index (χ1) is 6.31. The van der Waals surface area contributed by atoms with Crippen molar-refractivity contribution in [3.63, 3.8) is 0 Å². The molecule has 2 rings (SSSR count). The molecule has 1 fully saturated rings. The second-order valence-corrected chi connectivity index (χ2v) is 3.50. The van der Waals surface area contributed by atoms with Crippen molar-refractivity contribution in [2.45, 2.75) is 18.8 Å². The Bertz CT molecular complexity index is 332. The van der Waals surface area contributed by atoms with Gasteiger partial charge in [0.15, 0.2) is 0 Å². The number of rotatable bonds is 2. The molecule has 0 amide bonds. The third-order valence-corrected chi connectivity index (χ3v) is 2.46. The largest absolute Gasteiger partial charge is 0.207 e. The predicted octanol–water partition coefficient (Wildman–Crippen LogP) is 2.84. The maximum absolute atomic E-state index is 12.6. The van der Waals surface area contributed by atoms with Crippen LogP contribution >= 0.6 is 0 Å². The Morgan fingerprint density at radius 3 is 2.38 bits per heavy atom. The molecule has 1 aromatic rings. The first-order valence-corrected chi connectivity index (χ1v) is 4.46. The van der Waals surface area contributed by atoms with Crippen LogP contribution in [-0.4, -0.2) is 0 Å². The van der Waals surface area contributed by atoms with Gasteiger partial charge in [-0.3, -0.25) is 0 Å². The minimum absolute atomic E-state index is 0.0272. The normalized spacial score (nSPS) is 17.8. The molecule has 1 aromatic carbocycles. The van der Waals surface area contributed by atoms with Crippen LogP contribution in [0.25, 0.3) is 0 Å². The van der Waals surface area contributed by atoms with Gasteiger partial charge in [-0.1, -0.05) is 12.1 Å². The molecule has 1 aliphatic rings. The van der Waals surface area contributed by atoms with E-state index < -0.39 is 0 Å². The van der Waals surface area contributed by atoms with Gasteiger partial charge in [-0.15, -0.1) is 0 Å². The van der Waals surface area contributed by atoms with E-state index in [1.807, 2.05) is 0 Å². The Morgan fingerprint density at radius 2 is 1.92 bits per heavy atom. The van der Waals surface area contributed by atoms with Crippen molar-refractivity contribution in [2.75, 3.05) is 0 Å². The number of nitrogens with zero attached hydrogens (tertiary/aromatic N) is 1. The van der Waals surface area contributed by atoms with E-state index in [4.69, 9.17) is 5.26 Å². The van der Waals surface area contributed by atoms with Crippen LogP contribution in [0.15, 0.2) is 24.3 Å². The summed E-state index contributed by atoms with van der Waals surface area (Å²) in [7, 11) is 0. The standard InChI is InChI=1S/C11H10FN/c12-10-5-3-9(4-6-10)11(7-13)8-1-2-8/h3-6,8,11H,1-2H2. The van der Waals surface area contributed by atoms with Gasteiger partial charge >= 0.3 is 0 Å². The maximum atomic E-state index is 12.6. The minimum atomic E-state index is -0.240. The summed E-state index contributed by atoms with van der Waals surface area (Å²) in [6.07, 6.45) is 2.27. The van der Waals surface area contributed by atoms with Crippen LogP contribution in [0.4, 0.5) is 4.39 Å². The molecule has 1 aliphatic carbocycles. The van der Waals surface area contributed by atoms with E-state index >= 15 is 0 Å². The second-order valence-electron chi connectivity index (χ2n) is 3.50. The Labute approximate surface area is 76.8 Å². The molecule has 1 atom stereocenters. The molecule has 0 bridgehead atoms. The topological polar surface area (TPSA) is 23.8 Å². The summed E-state index contributed by atoms with van der Waals surface area (Å²) in [4.78, 5) is 0. The summed E-state index contributed by atoms with van der Waals surface area (Å²) >= 11 is 0. The van der Waals surface area contributed by atoms with Gasteiger partial charge in [0.2, 0.25) is 0 Å². The number of nitriles is 1. The molecule has 0 spiro atoms. The average Bonchev–Trinajstić information content (AvgIpc) is 2.93. The van der Waals surface area contributed by atoms with Gasteiger partial charge < -0.3 is 0 Å². The summed E-state index contributed by atoms with van der Waals surface area (Å²) in [6.45, 7) is 0. The molecule has 13 heavy (non-hydrogen) atoms. The number of benzene rings is 1. The molecule has 1 saturated carbocycles. The molecule has 0 N–H and O–H groups in total.